The van der Waals surface area contributed by atoms with Crippen molar-refractivity contribution in [3.63, 3.8) is 0 Å². The van der Waals surface area contributed by atoms with Gasteiger partial charge in [-0.25, -0.2) is 9.36 Å². The van der Waals surface area contributed by atoms with Crippen LogP contribution in [0.1, 0.15) is 84.5 Å². The van der Waals surface area contributed by atoms with Crippen LogP contribution in [-0.4, -0.2) is 41.0 Å². The minimum Gasteiger partial charge on any atom is -0.456 e. The van der Waals surface area contributed by atoms with Crippen molar-refractivity contribution in [3.05, 3.63) is 0 Å². The lowest BCUT2D eigenvalue weighted by atomic mass is 10.1. The van der Waals surface area contributed by atoms with Crippen molar-refractivity contribution in [3.8, 4) is 59.2 Å². The molecule has 0 amide bonds. The molecule has 200 valence electrons. The average molecular weight is 531 g/mol. The highest BCUT2D eigenvalue weighted by molar-refractivity contribution is 7.46. The lowest BCUT2D eigenvalue weighted by Crippen LogP contribution is -2.29. The van der Waals surface area contributed by atoms with Gasteiger partial charge in [-0.3, -0.25) is 9.32 Å². The Morgan fingerprint density at radius 3 is 1.81 bits per heavy atom. The standard InChI is InChI=1S/C28H35O8P/c1-3-5-7-9-11-13-15-17-19-21-23-28(30)36-26(25-35-37(31,32)33)24-34-27(29)22-20-18-16-14-12-10-8-6-4-2/h26H,3,5,7,9,11,13,15,17,19,21,23-25H2,1-2H3,(H2,31,32,33)/t26-/m1/s1. The van der Waals surface area contributed by atoms with Crippen LogP contribution >= 0.6 is 7.82 Å². The summed E-state index contributed by atoms with van der Waals surface area (Å²) in [6, 6.07) is 0. The van der Waals surface area contributed by atoms with Gasteiger partial charge in [-0.2, -0.15) is 0 Å². The van der Waals surface area contributed by atoms with Gasteiger partial charge in [0.05, 0.1) is 6.61 Å². The fourth-order valence-corrected chi connectivity index (χ4v) is 3.20. The smallest absolute Gasteiger partial charge is 0.456 e. The third-order valence-electron chi connectivity index (χ3n) is 4.59. The number of hydrogen-bond donors (Lipinski definition) is 2. The van der Waals surface area contributed by atoms with E-state index in [0.717, 1.165) is 19.3 Å². The van der Waals surface area contributed by atoms with Crippen molar-refractivity contribution in [1.29, 1.82) is 0 Å². The largest absolute Gasteiger partial charge is 0.469 e. The molecule has 0 spiro atoms. The van der Waals surface area contributed by atoms with Gasteiger partial charge in [0.1, 0.15) is 6.61 Å². The monoisotopic (exact) mass is 530 g/mol. The van der Waals surface area contributed by atoms with Gasteiger partial charge < -0.3 is 19.3 Å². The van der Waals surface area contributed by atoms with Gasteiger partial charge in [0.15, 0.2) is 6.10 Å². The van der Waals surface area contributed by atoms with E-state index >= 15 is 0 Å². The molecule has 1 atom stereocenters. The molecule has 0 unspecified atom stereocenters. The minimum absolute atomic E-state index is 0.142. The van der Waals surface area contributed by atoms with E-state index in [4.69, 9.17) is 19.3 Å². The number of unbranched alkanes of at least 4 members (excludes halogenated alkanes) is 9. The number of carbonyl (C=O) groups excluding carboxylic acids is 2. The van der Waals surface area contributed by atoms with E-state index in [1.165, 1.54) is 38.5 Å². The Bertz CT molecular complexity index is 1050. The van der Waals surface area contributed by atoms with E-state index in [1.54, 1.807) is 6.92 Å². The van der Waals surface area contributed by atoms with Gasteiger partial charge in [0.2, 0.25) is 0 Å². The molecule has 0 heterocycles. The first-order chi connectivity index (χ1) is 17.8. The maximum Gasteiger partial charge on any atom is 0.469 e. The average Bonchev–Trinajstić information content (AvgIpc) is 2.85. The summed E-state index contributed by atoms with van der Waals surface area (Å²) >= 11 is 0. The molecule has 0 aromatic carbocycles. The topological polar surface area (TPSA) is 119 Å². The number of phosphoric ester groups is 1. The van der Waals surface area contributed by atoms with E-state index < -0.39 is 39.1 Å². The number of carbonyl (C=O) groups is 2. The zero-order valence-corrected chi connectivity index (χ0v) is 22.5. The van der Waals surface area contributed by atoms with Crippen LogP contribution in [-0.2, 0) is 28.2 Å². The lowest BCUT2D eigenvalue weighted by Gasteiger charge is -2.17. The number of rotatable bonds is 17. The molecule has 37 heavy (non-hydrogen) atoms. The van der Waals surface area contributed by atoms with E-state index in [-0.39, 0.29) is 6.42 Å². The molecule has 0 aliphatic rings. The molecule has 0 aliphatic heterocycles. The van der Waals surface area contributed by atoms with Crippen molar-refractivity contribution >= 4 is 19.8 Å². The van der Waals surface area contributed by atoms with E-state index in [0.29, 0.717) is 6.42 Å². The first-order valence-corrected chi connectivity index (χ1v) is 13.8. The minimum atomic E-state index is -4.80. The van der Waals surface area contributed by atoms with E-state index in [1.807, 2.05) is 0 Å². The van der Waals surface area contributed by atoms with Crippen molar-refractivity contribution in [2.75, 3.05) is 13.2 Å². The molecular formula is C28H35O8P. The molecular weight excluding hydrogens is 495 g/mol. The zero-order valence-electron chi connectivity index (χ0n) is 21.6. The van der Waals surface area contributed by atoms with Crippen molar-refractivity contribution in [2.24, 2.45) is 0 Å². The fourth-order valence-electron chi connectivity index (χ4n) is 2.83. The Hall–Kier alpha value is -3.15. The summed E-state index contributed by atoms with van der Waals surface area (Å²) in [5.41, 5.74) is 0. The van der Waals surface area contributed by atoms with Crippen molar-refractivity contribution in [1.82, 2.24) is 0 Å². The summed E-state index contributed by atoms with van der Waals surface area (Å²) < 4.78 is 25.4. The Labute approximate surface area is 220 Å². The molecule has 8 nitrogen and oxygen atoms in total. The predicted octanol–water partition coefficient (Wildman–Crippen LogP) is 3.90. The van der Waals surface area contributed by atoms with Gasteiger partial charge >= 0.3 is 19.8 Å². The van der Waals surface area contributed by atoms with Crippen LogP contribution in [0.15, 0.2) is 0 Å². The Morgan fingerprint density at radius 1 is 0.757 bits per heavy atom. The highest BCUT2D eigenvalue weighted by Gasteiger charge is 2.22. The molecule has 0 aromatic rings. The maximum absolute atomic E-state index is 12.1. The summed E-state index contributed by atoms with van der Waals surface area (Å²) in [6.07, 6.45) is 10.1. The quantitative estimate of drug-likeness (QED) is 0.0956. The first kappa shape index (κ1) is 33.8. The van der Waals surface area contributed by atoms with E-state index in [2.05, 4.69) is 70.7 Å². The molecule has 0 aliphatic carbocycles. The summed E-state index contributed by atoms with van der Waals surface area (Å²) in [7, 11) is -4.80. The van der Waals surface area contributed by atoms with Gasteiger partial charge in [-0.1, -0.05) is 70.6 Å². The van der Waals surface area contributed by atoms with Crippen LogP contribution < -0.4 is 0 Å². The van der Waals surface area contributed by atoms with Crippen LogP contribution in [0.5, 0.6) is 0 Å². The van der Waals surface area contributed by atoms with Gasteiger partial charge in [-0.05, 0) is 60.7 Å². The van der Waals surface area contributed by atoms with Crippen LogP contribution in [0.3, 0.4) is 0 Å². The van der Waals surface area contributed by atoms with Crippen molar-refractivity contribution in [2.45, 2.75) is 90.6 Å². The molecule has 0 saturated heterocycles. The Kier molecular flexibility index (Phi) is 21.3. The predicted molar refractivity (Wildman–Crippen MR) is 140 cm³/mol. The highest BCUT2D eigenvalue weighted by Crippen LogP contribution is 2.35. The summed E-state index contributed by atoms with van der Waals surface area (Å²) in [5.74, 6) is 22.4. The number of ether oxygens (including phenoxy) is 2. The molecule has 0 fully saturated rings. The molecule has 0 radical (unpaired) electrons. The second kappa shape index (κ2) is 23.3. The molecule has 0 saturated carbocycles. The number of hydrogen-bond acceptors (Lipinski definition) is 6. The second-order valence-corrected chi connectivity index (χ2v) is 9.04. The van der Waals surface area contributed by atoms with Gasteiger partial charge in [0, 0.05) is 12.3 Å². The van der Waals surface area contributed by atoms with Crippen LogP contribution in [0.2, 0.25) is 0 Å². The molecule has 0 aromatic heterocycles. The molecule has 0 bridgehead atoms. The molecule has 0 rings (SSSR count). The van der Waals surface area contributed by atoms with Crippen LogP contribution in [0.4, 0.5) is 0 Å². The molecule has 2 N–H and O–H groups in total. The van der Waals surface area contributed by atoms with Crippen molar-refractivity contribution < 1.29 is 37.9 Å². The third-order valence-corrected chi connectivity index (χ3v) is 5.07. The van der Waals surface area contributed by atoms with Gasteiger partial charge in [-0.15, -0.1) is 0 Å². The summed E-state index contributed by atoms with van der Waals surface area (Å²) in [5, 5.41) is 0. The Balaban J connectivity index is 4.46. The number of esters is 2. The second-order valence-electron chi connectivity index (χ2n) is 7.80. The SMILES string of the molecule is CC#CC#CC#CC#CC#CC(=O)OC[C@H](COP(=O)(O)O)OC(=O)CCCCCCCCCCCC. The van der Waals surface area contributed by atoms with E-state index in [9.17, 15) is 14.2 Å². The number of phosphoric acid groups is 1. The summed E-state index contributed by atoms with van der Waals surface area (Å²) in [6.45, 7) is 2.71. The van der Waals surface area contributed by atoms with Crippen LogP contribution in [0.25, 0.3) is 0 Å². The lowest BCUT2D eigenvalue weighted by molar-refractivity contribution is -0.158. The third kappa shape index (κ3) is 25.7. The highest BCUT2D eigenvalue weighted by atomic mass is 31.2. The first-order valence-electron chi connectivity index (χ1n) is 12.3. The van der Waals surface area contributed by atoms with Gasteiger partial charge in [0.25, 0.3) is 0 Å². The summed E-state index contributed by atoms with van der Waals surface area (Å²) in [4.78, 5) is 41.7. The van der Waals surface area contributed by atoms with Crippen LogP contribution in [0, 0.1) is 59.2 Å². The fraction of sp³-hybridized carbons (Fsp3) is 0.571. The molecule has 9 heteroatoms. The maximum atomic E-state index is 12.1. The Morgan fingerprint density at radius 2 is 1.27 bits per heavy atom. The zero-order chi connectivity index (χ0) is 27.6. The normalized spacial score (nSPS) is 10.3.